The van der Waals surface area contributed by atoms with Gasteiger partial charge in [0.15, 0.2) is 5.75 Å². The molecule has 2 aromatic carbocycles. The van der Waals surface area contributed by atoms with Gasteiger partial charge >= 0.3 is 5.97 Å². The molecule has 0 atom stereocenters. The van der Waals surface area contributed by atoms with E-state index in [9.17, 15) is 14.4 Å². The van der Waals surface area contributed by atoms with Gasteiger partial charge in [0.05, 0.1) is 12.2 Å². The summed E-state index contributed by atoms with van der Waals surface area (Å²) in [5.74, 6) is -0.790. The lowest BCUT2D eigenvalue weighted by molar-refractivity contribution is -0.133. The van der Waals surface area contributed by atoms with Gasteiger partial charge in [-0.25, -0.2) is 4.79 Å². The summed E-state index contributed by atoms with van der Waals surface area (Å²) >= 11 is 0. The van der Waals surface area contributed by atoms with E-state index >= 15 is 0 Å². The molecule has 0 radical (unpaired) electrons. The van der Waals surface area contributed by atoms with Crippen molar-refractivity contribution in [3.05, 3.63) is 54.1 Å². The van der Waals surface area contributed by atoms with Gasteiger partial charge in [-0.05, 0) is 36.4 Å². The van der Waals surface area contributed by atoms with Crippen molar-refractivity contribution in [1.82, 2.24) is 0 Å². The third-order valence-corrected chi connectivity index (χ3v) is 3.54. The first kappa shape index (κ1) is 15.5. The summed E-state index contributed by atoms with van der Waals surface area (Å²) in [5.41, 5.74) is 6.76. The van der Waals surface area contributed by atoms with Gasteiger partial charge in [-0.15, -0.1) is 0 Å². The Labute approximate surface area is 138 Å². The Bertz CT molecular complexity index is 802. The zero-order valence-corrected chi connectivity index (χ0v) is 12.7. The van der Waals surface area contributed by atoms with Gasteiger partial charge in [-0.2, -0.15) is 0 Å². The Morgan fingerprint density at radius 2 is 1.83 bits per heavy atom. The van der Waals surface area contributed by atoms with Crippen molar-refractivity contribution in [1.29, 1.82) is 0 Å². The van der Waals surface area contributed by atoms with E-state index in [4.69, 9.17) is 10.5 Å². The van der Waals surface area contributed by atoms with Gasteiger partial charge < -0.3 is 20.7 Å². The van der Waals surface area contributed by atoms with E-state index in [-0.39, 0.29) is 19.0 Å². The summed E-state index contributed by atoms with van der Waals surface area (Å²) in [6.07, 6.45) is 0. The number of benzene rings is 2. The number of hydrogen-bond donors (Lipinski definition) is 2. The molecule has 3 rings (SSSR count). The average Bonchev–Trinajstić information content (AvgIpc) is 2.55. The van der Waals surface area contributed by atoms with Crippen LogP contribution in [0.15, 0.2) is 48.5 Å². The molecule has 7 heteroatoms. The highest BCUT2D eigenvalue weighted by atomic mass is 16.5. The molecular formula is C17H15N3O4. The normalized spacial score (nSPS) is 13.0. The van der Waals surface area contributed by atoms with Crippen LogP contribution in [-0.4, -0.2) is 30.9 Å². The molecule has 122 valence electrons. The van der Waals surface area contributed by atoms with Crippen LogP contribution in [0.3, 0.4) is 0 Å². The molecule has 1 aliphatic heterocycles. The van der Waals surface area contributed by atoms with E-state index in [1.165, 1.54) is 12.1 Å². The van der Waals surface area contributed by atoms with Gasteiger partial charge in [-0.1, -0.05) is 12.1 Å². The van der Waals surface area contributed by atoms with Gasteiger partial charge in [0.1, 0.15) is 6.54 Å². The molecule has 0 bridgehead atoms. The van der Waals surface area contributed by atoms with E-state index in [2.05, 4.69) is 5.32 Å². The number of fused-ring (bicyclic) bond motifs is 1. The number of primary amides is 1. The summed E-state index contributed by atoms with van der Waals surface area (Å²) in [6, 6.07) is 13.3. The second-order valence-corrected chi connectivity index (χ2v) is 5.29. The van der Waals surface area contributed by atoms with Gasteiger partial charge in [0.2, 0.25) is 11.8 Å². The quantitative estimate of drug-likeness (QED) is 0.648. The van der Waals surface area contributed by atoms with Gasteiger partial charge in [-0.3, -0.25) is 9.59 Å². The number of nitrogens with two attached hydrogens (primary N) is 1. The average molecular weight is 325 g/mol. The number of esters is 1. The highest BCUT2D eigenvalue weighted by molar-refractivity contribution is 5.97. The Hall–Kier alpha value is -3.35. The van der Waals surface area contributed by atoms with Crippen molar-refractivity contribution < 1.29 is 19.1 Å². The zero-order valence-electron chi connectivity index (χ0n) is 12.7. The molecule has 0 saturated carbocycles. The SMILES string of the molecule is NC(=O)c1ccc(NC(=O)CN2CC(=O)Oc3ccccc32)cc1. The number of nitrogens with zero attached hydrogens (tertiary/aromatic N) is 1. The summed E-state index contributed by atoms with van der Waals surface area (Å²) < 4.78 is 5.14. The van der Waals surface area contributed by atoms with Crippen molar-refractivity contribution in [2.75, 3.05) is 23.3 Å². The molecule has 0 fully saturated rings. The number of rotatable bonds is 4. The lowest BCUT2D eigenvalue weighted by Gasteiger charge is -2.29. The summed E-state index contributed by atoms with van der Waals surface area (Å²) in [7, 11) is 0. The molecular weight excluding hydrogens is 310 g/mol. The van der Waals surface area contributed by atoms with Crippen LogP contribution in [0.2, 0.25) is 0 Å². The molecule has 0 aromatic heterocycles. The smallest absolute Gasteiger partial charge is 0.331 e. The minimum atomic E-state index is -0.531. The second kappa shape index (κ2) is 6.41. The largest absolute Gasteiger partial charge is 0.423 e. The number of hydrogen-bond acceptors (Lipinski definition) is 5. The number of para-hydroxylation sites is 2. The molecule has 1 heterocycles. The number of nitrogens with one attached hydrogen (secondary N) is 1. The van der Waals surface area contributed by atoms with E-state index in [1.807, 2.05) is 6.07 Å². The number of anilines is 2. The molecule has 0 aliphatic carbocycles. The first-order chi connectivity index (χ1) is 11.5. The number of carbonyl (C=O) groups is 3. The molecule has 7 nitrogen and oxygen atoms in total. The van der Waals surface area contributed by atoms with Crippen molar-refractivity contribution in [3.8, 4) is 5.75 Å². The van der Waals surface area contributed by atoms with Gasteiger partial charge in [0, 0.05) is 11.3 Å². The van der Waals surface area contributed by atoms with Crippen molar-refractivity contribution in [3.63, 3.8) is 0 Å². The predicted molar refractivity (Wildman–Crippen MR) is 87.9 cm³/mol. The fraction of sp³-hybridized carbons (Fsp3) is 0.118. The summed E-state index contributed by atoms with van der Waals surface area (Å²) in [6.45, 7) is 0.00866. The third-order valence-electron chi connectivity index (χ3n) is 3.54. The summed E-state index contributed by atoms with van der Waals surface area (Å²) in [5, 5.41) is 2.72. The van der Waals surface area contributed by atoms with E-state index < -0.39 is 11.9 Å². The number of amides is 2. The van der Waals surface area contributed by atoms with Crippen molar-refractivity contribution in [2.45, 2.75) is 0 Å². The van der Waals surface area contributed by atoms with E-state index in [1.54, 1.807) is 35.2 Å². The maximum Gasteiger partial charge on any atom is 0.331 e. The molecule has 2 aromatic rings. The predicted octanol–water partition coefficient (Wildman–Crippen LogP) is 1.15. The first-order valence-corrected chi connectivity index (χ1v) is 7.27. The zero-order chi connectivity index (χ0) is 17.1. The minimum Gasteiger partial charge on any atom is -0.423 e. The maximum atomic E-state index is 12.2. The molecule has 0 unspecified atom stereocenters. The van der Waals surface area contributed by atoms with Crippen LogP contribution >= 0.6 is 0 Å². The lowest BCUT2D eigenvalue weighted by Crippen LogP contribution is -2.41. The third kappa shape index (κ3) is 3.35. The molecule has 0 spiro atoms. The van der Waals surface area contributed by atoms with Crippen LogP contribution in [0.1, 0.15) is 10.4 Å². The Morgan fingerprint density at radius 1 is 1.12 bits per heavy atom. The molecule has 1 aliphatic rings. The van der Waals surface area contributed by atoms with Crippen molar-refractivity contribution >= 4 is 29.2 Å². The monoisotopic (exact) mass is 325 g/mol. The van der Waals surface area contributed by atoms with Crippen LogP contribution in [0.5, 0.6) is 5.75 Å². The van der Waals surface area contributed by atoms with Crippen LogP contribution in [0, 0.1) is 0 Å². The lowest BCUT2D eigenvalue weighted by atomic mass is 10.2. The fourth-order valence-electron chi connectivity index (χ4n) is 2.43. The minimum absolute atomic E-state index is 0.00365. The Kier molecular flexibility index (Phi) is 4.15. The molecule has 24 heavy (non-hydrogen) atoms. The molecule has 2 amide bonds. The number of ether oxygens (including phenoxy) is 1. The van der Waals surface area contributed by atoms with E-state index in [0.29, 0.717) is 22.7 Å². The van der Waals surface area contributed by atoms with Crippen LogP contribution in [-0.2, 0) is 9.59 Å². The Morgan fingerprint density at radius 3 is 2.54 bits per heavy atom. The van der Waals surface area contributed by atoms with Crippen LogP contribution < -0.4 is 20.7 Å². The molecule has 3 N–H and O–H groups in total. The molecule has 0 saturated heterocycles. The highest BCUT2D eigenvalue weighted by Gasteiger charge is 2.25. The summed E-state index contributed by atoms with van der Waals surface area (Å²) in [4.78, 5) is 36.5. The standard InChI is InChI=1S/C17H15N3O4/c18-17(23)11-5-7-12(8-6-11)19-15(21)9-20-10-16(22)24-14-4-2-1-3-13(14)20/h1-8H,9-10H2,(H2,18,23)(H,19,21). The van der Waals surface area contributed by atoms with E-state index in [0.717, 1.165) is 0 Å². The fourth-order valence-corrected chi connectivity index (χ4v) is 2.43. The Balaban J connectivity index is 1.69. The maximum absolute atomic E-state index is 12.2. The van der Waals surface area contributed by atoms with Crippen LogP contribution in [0.25, 0.3) is 0 Å². The highest BCUT2D eigenvalue weighted by Crippen LogP contribution is 2.31. The van der Waals surface area contributed by atoms with Crippen LogP contribution in [0.4, 0.5) is 11.4 Å². The number of carbonyl (C=O) groups excluding carboxylic acids is 3. The first-order valence-electron chi connectivity index (χ1n) is 7.27. The second-order valence-electron chi connectivity index (χ2n) is 5.29. The topological polar surface area (TPSA) is 102 Å². The van der Waals surface area contributed by atoms with Gasteiger partial charge in [0.25, 0.3) is 0 Å². The van der Waals surface area contributed by atoms with Crippen molar-refractivity contribution in [2.24, 2.45) is 5.73 Å².